The number of hydrogen-bond donors (Lipinski definition) is 1. The van der Waals surface area contributed by atoms with Gasteiger partial charge in [0, 0.05) is 17.5 Å². The predicted molar refractivity (Wildman–Crippen MR) is 67.4 cm³/mol. The number of aryl methyl sites for hydroxylation is 1. The monoisotopic (exact) mass is 267 g/mol. The second-order valence-corrected chi connectivity index (χ2v) is 4.36. The van der Waals surface area contributed by atoms with E-state index < -0.39 is 0 Å². The van der Waals surface area contributed by atoms with Gasteiger partial charge >= 0.3 is 0 Å². The summed E-state index contributed by atoms with van der Waals surface area (Å²) in [6, 6.07) is 7.01. The zero-order chi connectivity index (χ0) is 13.0. The Hall–Kier alpha value is -1.66. The zero-order valence-corrected chi connectivity index (χ0v) is 10.7. The van der Waals surface area contributed by atoms with Gasteiger partial charge in [-0.3, -0.25) is 0 Å². The van der Waals surface area contributed by atoms with Crippen molar-refractivity contribution in [3.8, 4) is 5.75 Å². The molecule has 0 radical (unpaired) electrons. The summed E-state index contributed by atoms with van der Waals surface area (Å²) in [5, 5.41) is 12.3. The third kappa shape index (κ3) is 3.68. The van der Waals surface area contributed by atoms with Crippen LogP contribution in [0.15, 0.2) is 24.3 Å². The van der Waals surface area contributed by atoms with Crippen LogP contribution in [0.4, 0.5) is 0 Å². The van der Waals surface area contributed by atoms with E-state index in [0.717, 1.165) is 0 Å². The van der Waals surface area contributed by atoms with Crippen LogP contribution in [0.3, 0.4) is 0 Å². The molecule has 7 heteroatoms. The summed E-state index contributed by atoms with van der Waals surface area (Å²) in [6.07, 6.45) is 0.522. The Morgan fingerprint density at radius 1 is 1.50 bits per heavy atom. The van der Waals surface area contributed by atoms with Crippen molar-refractivity contribution in [2.24, 2.45) is 12.8 Å². The maximum Gasteiger partial charge on any atom is 0.176 e. The molecule has 0 saturated carbocycles. The summed E-state index contributed by atoms with van der Waals surface area (Å²) < 4.78 is 5.54. The van der Waals surface area contributed by atoms with Crippen LogP contribution in [0, 0.1) is 0 Å². The normalized spacial score (nSPS) is 12.4. The predicted octanol–water partition coefficient (Wildman–Crippen LogP) is 0.812. The number of halogens is 1. The summed E-state index contributed by atoms with van der Waals surface area (Å²) in [4.78, 5) is 1.40. The highest BCUT2D eigenvalue weighted by atomic mass is 35.5. The molecular formula is C11H14ClN5O. The molecule has 1 unspecified atom stereocenters. The Balaban J connectivity index is 1.83. The van der Waals surface area contributed by atoms with Gasteiger partial charge in [-0.05, 0) is 23.4 Å². The molecule has 1 aromatic carbocycles. The molecule has 2 aromatic rings. The average Bonchev–Trinajstić information content (AvgIpc) is 2.72. The summed E-state index contributed by atoms with van der Waals surface area (Å²) >= 11 is 5.85. The Labute approximate surface area is 110 Å². The van der Waals surface area contributed by atoms with E-state index in [1.165, 1.54) is 4.80 Å². The van der Waals surface area contributed by atoms with Crippen LogP contribution in [-0.2, 0) is 13.5 Å². The van der Waals surface area contributed by atoms with Crippen LogP contribution in [0.5, 0.6) is 5.75 Å². The number of rotatable bonds is 5. The minimum atomic E-state index is -0.187. The summed E-state index contributed by atoms with van der Waals surface area (Å²) in [5.41, 5.74) is 5.93. The smallest absolute Gasteiger partial charge is 0.176 e. The van der Waals surface area contributed by atoms with Crippen molar-refractivity contribution >= 4 is 11.6 Å². The minimum absolute atomic E-state index is 0.187. The third-order valence-corrected chi connectivity index (χ3v) is 2.49. The van der Waals surface area contributed by atoms with Crippen LogP contribution < -0.4 is 10.5 Å². The first-order valence-corrected chi connectivity index (χ1v) is 5.88. The summed E-state index contributed by atoms with van der Waals surface area (Å²) in [7, 11) is 1.71. The van der Waals surface area contributed by atoms with Crippen LogP contribution in [0.2, 0.25) is 5.02 Å². The first-order chi connectivity index (χ1) is 8.63. The molecular weight excluding hydrogens is 254 g/mol. The van der Waals surface area contributed by atoms with Gasteiger partial charge in [-0.25, -0.2) is 0 Å². The van der Waals surface area contributed by atoms with Crippen LogP contribution in [-0.4, -0.2) is 32.9 Å². The van der Waals surface area contributed by atoms with Gasteiger partial charge < -0.3 is 10.5 Å². The number of nitrogens with two attached hydrogens (primary N) is 1. The topological polar surface area (TPSA) is 78.9 Å². The van der Waals surface area contributed by atoms with Crippen molar-refractivity contribution in [2.45, 2.75) is 12.5 Å². The lowest BCUT2D eigenvalue weighted by molar-refractivity contribution is 0.286. The van der Waals surface area contributed by atoms with Gasteiger partial charge in [-0.1, -0.05) is 17.7 Å². The summed E-state index contributed by atoms with van der Waals surface area (Å²) in [6.45, 7) is 0.374. The van der Waals surface area contributed by atoms with E-state index in [1.54, 1.807) is 19.2 Å². The van der Waals surface area contributed by atoms with Gasteiger partial charge in [0.25, 0.3) is 0 Å². The molecule has 0 fully saturated rings. The number of hydrogen-bond acceptors (Lipinski definition) is 5. The molecule has 6 nitrogen and oxygen atoms in total. The molecule has 2 rings (SSSR count). The van der Waals surface area contributed by atoms with E-state index in [-0.39, 0.29) is 6.04 Å². The second-order valence-electron chi connectivity index (χ2n) is 3.93. The Morgan fingerprint density at radius 2 is 2.33 bits per heavy atom. The van der Waals surface area contributed by atoms with E-state index in [9.17, 15) is 0 Å². The average molecular weight is 268 g/mol. The van der Waals surface area contributed by atoms with Crippen LogP contribution in [0.1, 0.15) is 5.82 Å². The SMILES string of the molecule is Cn1nnc(CC(N)COc2cccc(Cl)c2)n1. The first-order valence-electron chi connectivity index (χ1n) is 5.50. The zero-order valence-electron chi connectivity index (χ0n) is 9.95. The molecule has 0 aliphatic heterocycles. The molecule has 0 amide bonds. The van der Waals surface area contributed by atoms with E-state index in [1.807, 2.05) is 12.1 Å². The van der Waals surface area contributed by atoms with Crippen molar-refractivity contribution in [1.82, 2.24) is 20.2 Å². The molecule has 0 aliphatic rings. The number of aromatic nitrogens is 4. The number of benzene rings is 1. The van der Waals surface area contributed by atoms with Crippen molar-refractivity contribution in [2.75, 3.05) is 6.61 Å². The van der Waals surface area contributed by atoms with Crippen LogP contribution >= 0.6 is 11.6 Å². The molecule has 96 valence electrons. The van der Waals surface area contributed by atoms with Crippen molar-refractivity contribution < 1.29 is 4.74 Å². The fourth-order valence-corrected chi connectivity index (χ4v) is 1.64. The first kappa shape index (κ1) is 12.8. The van der Waals surface area contributed by atoms with Crippen molar-refractivity contribution in [3.63, 3.8) is 0 Å². The van der Waals surface area contributed by atoms with Gasteiger partial charge in [0.15, 0.2) is 5.82 Å². The molecule has 18 heavy (non-hydrogen) atoms. The lowest BCUT2D eigenvalue weighted by atomic mass is 10.2. The Morgan fingerprint density at radius 3 is 3.00 bits per heavy atom. The quantitative estimate of drug-likeness (QED) is 0.867. The molecule has 2 N–H and O–H groups in total. The Kier molecular flexibility index (Phi) is 4.11. The third-order valence-electron chi connectivity index (χ3n) is 2.25. The molecule has 0 saturated heterocycles. The van der Waals surface area contributed by atoms with E-state index in [2.05, 4.69) is 15.4 Å². The largest absolute Gasteiger partial charge is 0.492 e. The minimum Gasteiger partial charge on any atom is -0.492 e. The van der Waals surface area contributed by atoms with Crippen molar-refractivity contribution in [3.05, 3.63) is 35.1 Å². The number of nitrogens with zero attached hydrogens (tertiary/aromatic N) is 4. The highest BCUT2D eigenvalue weighted by Crippen LogP contribution is 2.17. The van der Waals surface area contributed by atoms with E-state index >= 15 is 0 Å². The molecule has 0 spiro atoms. The van der Waals surface area contributed by atoms with E-state index in [0.29, 0.717) is 29.6 Å². The second kappa shape index (κ2) is 5.79. The lowest BCUT2D eigenvalue weighted by Crippen LogP contribution is -2.30. The van der Waals surface area contributed by atoms with E-state index in [4.69, 9.17) is 22.1 Å². The molecule has 1 aromatic heterocycles. The lowest BCUT2D eigenvalue weighted by Gasteiger charge is -2.11. The van der Waals surface area contributed by atoms with Gasteiger partial charge in [-0.15, -0.1) is 10.2 Å². The summed E-state index contributed by atoms with van der Waals surface area (Å²) in [5.74, 6) is 1.31. The molecule has 0 aliphatic carbocycles. The Bertz CT molecular complexity index is 516. The van der Waals surface area contributed by atoms with Gasteiger partial charge in [0.05, 0.1) is 7.05 Å². The van der Waals surface area contributed by atoms with Gasteiger partial charge in [0.1, 0.15) is 12.4 Å². The number of ether oxygens (including phenoxy) is 1. The van der Waals surface area contributed by atoms with Crippen molar-refractivity contribution in [1.29, 1.82) is 0 Å². The van der Waals surface area contributed by atoms with Gasteiger partial charge in [-0.2, -0.15) is 4.80 Å². The molecule has 1 heterocycles. The molecule has 0 bridgehead atoms. The fraction of sp³-hybridized carbons (Fsp3) is 0.364. The highest BCUT2D eigenvalue weighted by molar-refractivity contribution is 6.30. The molecule has 1 atom stereocenters. The maximum absolute atomic E-state index is 5.93. The highest BCUT2D eigenvalue weighted by Gasteiger charge is 2.09. The fourth-order valence-electron chi connectivity index (χ4n) is 1.46. The van der Waals surface area contributed by atoms with Crippen LogP contribution in [0.25, 0.3) is 0 Å². The maximum atomic E-state index is 5.93. The van der Waals surface area contributed by atoms with Gasteiger partial charge in [0.2, 0.25) is 0 Å². The number of tetrazole rings is 1. The standard InChI is InChI=1S/C11H14ClN5O/c1-17-15-11(14-16-17)6-9(13)7-18-10-4-2-3-8(12)5-10/h2-5,9H,6-7,13H2,1H3.